The van der Waals surface area contributed by atoms with Crippen LogP contribution in [-0.2, 0) is 0 Å². The van der Waals surface area contributed by atoms with E-state index in [1.165, 1.54) is 24.3 Å². The third-order valence-corrected chi connectivity index (χ3v) is 6.36. The van der Waals surface area contributed by atoms with Gasteiger partial charge in [0.2, 0.25) is 0 Å². The molecule has 0 spiro atoms. The van der Waals surface area contributed by atoms with E-state index in [2.05, 4.69) is 9.80 Å². The third-order valence-electron chi connectivity index (χ3n) is 6.36. The van der Waals surface area contributed by atoms with Gasteiger partial charge >= 0.3 is 5.97 Å². The summed E-state index contributed by atoms with van der Waals surface area (Å²) in [7, 11) is 0. The molecule has 0 bridgehead atoms. The number of anilines is 1. The first-order valence-electron chi connectivity index (χ1n) is 11.3. The molecule has 1 saturated heterocycles. The second-order valence-corrected chi connectivity index (χ2v) is 8.48. The highest BCUT2D eigenvalue weighted by Gasteiger charge is 2.19. The number of hydrogen-bond donors (Lipinski definition) is 1. The Balaban J connectivity index is 1.32. The van der Waals surface area contributed by atoms with Crippen LogP contribution in [0.25, 0.3) is 0 Å². The first-order chi connectivity index (χ1) is 16.0. The molecule has 4 rings (SSSR count). The molecule has 0 amide bonds. The molecule has 1 aliphatic rings. The molecule has 0 aromatic heterocycles. The Hall–Kier alpha value is -3.25. The first kappa shape index (κ1) is 22.9. The first-order valence-corrected chi connectivity index (χ1v) is 11.3. The molecule has 3 aromatic rings. The van der Waals surface area contributed by atoms with Gasteiger partial charge in [0.05, 0.1) is 5.56 Å². The maximum Gasteiger partial charge on any atom is 0.335 e. The van der Waals surface area contributed by atoms with E-state index in [4.69, 9.17) is 5.11 Å². The summed E-state index contributed by atoms with van der Waals surface area (Å²) in [4.78, 5) is 15.8. The lowest BCUT2D eigenvalue weighted by Gasteiger charge is -2.36. The van der Waals surface area contributed by atoms with Gasteiger partial charge in [-0.1, -0.05) is 24.3 Å². The second-order valence-electron chi connectivity index (χ2n) is 8.48. The van der Waals surface area contributed by atoms with Crippen molar-refractivity contribution in [2.45, 2.75) is 18.8 Å². The monoisotopic (exact) mass is 450 g/mol. The van der Waals surface area contributed by atoms with Gasteiger partial charge in [-0.3, -0.25) is 4.90 Å². The van der Waals surface area contributed by atoms with Crippen LogP contribution in [0.15, 0.2) is 72.8 Å². The number of nitrogens with zero attached hydrogens (tertiary/aromatic N) is 2. The number of hydrogen-bond acceptors (Lipinski definition) is 3. The van der Waals surface area contributed by atoms with Gasteiger partial charge in [-0.15, -0.1) is 0 Å². The number of rotatable bonds is 8. The minimum Gasteiger partial charge on any atom is -0.478 e. The fourth-order valence-corrected chi connectivity index (χ4v) is 4.48. The van der Waals surface area contributed by atoms with Crippen LogP contribution in [0, 0.1) is 11.6 Å². The zero-order valence-corrected chi connectivity index (χ0v) is 18.5. The molecule has 0 aliphatic carbocycles. The van der Waals surface area contributed by atoms with Crippen LogP contribution in [0.4, 0.5) is 14.5 Å². The summed E-state index contributed by atoms with van der Waals surface area (Å²) < 4.78 is 26.8. The maximum atomic E-state index is 13.4. The summed E-state index contributed by atoms with van der Waals surface area (Å²) >= 11 is 0. The van der Waals surface area contributed by atoms with Crippen LogP contribution in [0.5, 0.6) is 0 Å². The average Bonchev–Trinajstić information content (AvgIpc) is 2.84. The highest BCUT2D eigenvalue weighted by molar-refractivity contribution is 5.88. The van der Waals surface area contributed by atoms with Crippen LogP contribution in [0.2, 0.25) is 0 Å². The summed E-state index contributed by atoms with van der Waals surface area (Å²) in [5, 5.41) is 9.06. The van der Waals surface area contributed by atoms with Crippen LogP contribution >= 0.6 is 0 Å². The Morgan fingerprint density at radius 3 is 1.79 bits per heavy atom. The van der Waals surface area contributed by atoms with E-state index in [1.807, 2.05) is 36.4 Å². The van der Waals surface area contributed by atoms with Crippen LogP contribution in [0.3, 0.4) is 0 Å². The van der Waals surface area contributed by atoms with E-state index in [1.54, 1.807) is 12.1 Å². The third kappa shape index (κ3) is 5.96. The highest BCUT2D eigenvalue weighted by Crippen LogP contribution is 2.30. The van der Waals surface area contributed by atoms with E-state index in [9.17, 15) is 13.6 Å². The smallest absolute Gasteiger partial charge is 0.335 e. The number of halogens is 2. The standard InChI is InChI=1S/C27H28F2N2O2/c28-23-9-3-20(4-10-23)26(21-5-11-24(29)12-6-21)2-1-15-30-16-18-31(19-17-30)25-13-7-22(8-14-25)27(32)33/h3-14,26H,1-2,15-19H2,(H,32,33). The zero-order chi connectivity index (χ0) is 23.2. The van der Waals surface area contributed by atoms with Gasteiger partial charge in [-0.2, -0.15) is 0 Å². The molecule has 0 unspecified atom stereocenters. The summed E-state index contributed by atoms with van der Waals surface area (Å²) in [6.45, 7) is 4.64. The minimum atomic E-state index is -0.911. The van der Waals surface area contributed by atoms with E-state index in [0.29, 0.717) is 5.56 Å². The van der Waals surface area contributed by atoms with Crippen molar-refractivity contribution in [3.8, 4) is 0 Å². The van der Waals surface area contributed by atoms with Gasteiger partial charge in [0, 0.05) is 37.8 Å². The average molecular weight is 451 g/mol. The molecule has 1 aliphatic heterocycles. The molecule has 172 valence electrons. The number of benzene rings is 3. The van der Waals surface area contributed by atoms with Crippen molar-refractivity contribution in [1.82, 2.24) is 4.90 Å². The van der Waals surface area contributed by atoms with Gasteiger partial charge in [-0.25, -0.2) is 13.6 Å². The zero-order valence-electron chi connectivity index (χ0n) is 18.5. The second kappa shape index (κ2) is 10.6. The molecule has 0 atom stereocenters. The topological polar surface area (TPSA) is 43.8 Å². The molecule has 33 heavy (non-hydrogen) atoms. The van der Waals surface area contributed by atoms with Crippen molar-refractivity contribution in [1.29, 1.82) is 0 Å². The Morgan fingerprint density at radius 2 is 1.30 bits per heavy atom. The lowest BCUT2D eigenvalue weighted by atomic mass is 9.87. The molecule has 1 N–H and O–H groups in total. The summed E-state index contributed by atoms with van der Waals surface area (Å²) in [6, 6.07) is 20.2. The van der Waals surface area contributed by atoms with Gasteiger partial charge in [-0.05, 0) is 79.0 Å². The van der Waals surface area contributed by atoms with Gasteiger partial charge in [0.1, 0.15) is 11.6 Å². The van der Waals surface area contributed by atoms with Crippen molar-refractivity contribution in [2.24, 2.45) is 0 Å². The van der Waals surface area contributed by atoms with Crippen LogP contribution in [0.1, 0.15) is 40.2 Å². The number of carboxylic acids is 1. The predicted octanol–water partition coefficient (Wildman–Crippen LogP) is 5.40. The van der Waals surface area contributed by atoms with Crippen LogP contribution in [-0.4, -0.2) is 48.7 Å². The van der Waals surface area contributed by atoms with Crippen molar-refractivity contribution in [3.05, 3.63) is 101 Å². The molecule has 3 aromatic carbocycles. The molecule has 6 heteroatoms. The predicted molar refractivity (Wildman–Crippen MR) is 126 cm³/mol. The summed E-state index contributed by atoms with van der Waals surface area (Å²) in [5.41, 5.74) is 3.43. The Morgan fingerprint density at radius 1 is 0.788 bits per heavy atom. The fourth-order valence-electron chi connectivity index (χ4n) is 4.48. The quantitative estimate of drug-likeness (QED) is 0.499. The van der Waals surface area contributed by atoms with Crippen molar-refractivity contribution in [3.63, 3.8) is 0 Å². The van der Waals surface area contributed by atoms with E-state index in [-0.39, 0.29) is 17.6 Å². The lowest BCUT2D eigenvalue weighted by Crippen LogP contribution is -2.46. The van der Waals surface area contributed by atoms with Crippen molar-refractivity contribution >= 4 is 11.7 Å². The van der Waals surface area contributed by atoms with Gasteiger partial charge < -0.3 is 10.0 Å². The van der Waals surface area contributed by atoms with Gasteiger partial charge in [0.15, 0.2) is 0 Å². The molecule has 0 saturated carbocycles. The number of aromatic carboxylic acids is 1. The summed E-state index contributed by atoms with van der Waals surface area (Å²) in [5.74, 6) is -1.33. The minimum absolute atomic E-state index is 0.0974. The number of carbonyl (C=O) groups is 1. The van der Waals surface area contributed by atoms with E-state index < -0.39 is 5.97 Å². The largest absolute Gasteiger partial charge is 0.478 e. The lowest BCUT2D eigenvalue weighted by molar-refractivity contribution is 0.0697. The van der Waals surface area contributed by atoms with Gasteiger partial charge in [0.25, 0.3) is 0 Å². The molecule has 4 nitrogen and oxygen atoms in total. The highest BCUT2D eigenvalue weighted by atomic mass is 19.1. The van der Waals surface area contributed by atoms with E-state index in [0.717, 1.165) is 62.4 Å². The number of carboxylic acid groups (broad SMARTS) is 1. The maximum absolute atomic E-state index is 13.4. The molecular formula is C27H28F2N2O2. The molecule has 0 radical (unpaired) electrons. The Bertz CT molecular complexity index is 999. The number of piperazine rings is 1. The van der Waals surface area contributed by atoms with Crippen LogP contribution < -0.4 is 4.90 Å². The molecular weight excluding hydrogens is 422 g/mol. The van der Waals surface area contributed by atoms with E-state index >= 15 is 0 Å². The normalized spacial score (nSPS) is 14.6. The van der Waals surface area contributed by atoms with Crippen molar-refractivity contribution < 1.29 is 18.7 Å². The van der Waals surface area contributed by atoms with Crippen molar-refractivity contribution in [2.75, 3.05) is 37.6 Å². The Labute approximate surface area is 193 Å². The fraction of sp³-hybridized carbons (Fsp3) is 0.296. The Kier molecular flexibility index (Phi) is 7.35. The summed E-state index contributed by atoms with van der Waals surface area (Å²) in [6.07, 6.45) is 1.88. The SMILES string of the molecule is O=C(O)c1ccc(N2CCN(CCCC(c3ccc(F)cc3)c3ccc(F)cc3)CC2)cc1. The molecule has 1 fully saturated rings. The molecule has 1 heterocycles.